The minimum atomic E-state index is -0.0222. The van der Waals surface area contributed by atoms with E-state index in [4.69, 9.17) is 14.6 Å². The molecule has 0 aliphatic heterocycles. The lowest BCUT2D eigenvalue weighted by atomic mass is 10.2. The van der Waals surface area contributed by atoms with Gasteiger partial charge in [-0.25, -0.2) is 0 Å². The lowest BCUT2D eigenvalue weighted by Gasteiger charge is -2.14. The number of hydrogen-bond donors (Lipinski definition) is 1. The van der Waals surface area contributed by atoms with Crippen LogP contribution in [0.2, 0.25) is 0 Å². The van der Waals surface area contributed by atoms with Gasteiger partial charge < -0.3 is 14.6 Å². The van der Waals surface area contributed by atoms with Gasteiger partial charge in [0.05, 0.1) is 24.3 Å². The van der Waals surface area contributed by atoms with Crippen molar-refractivity contribution in [3.63, 3.8) is 0 Å². The molecule has 4 heteroatoms. The zero-order valence-electron chi connectivity index (χ0n) is 9.91. The quantitative estimate of drug-likeness (QED) is 0.620. The number of benzene rings is 1. The molecule has 17 heavy (non-hydrogen) atoms. The van der Waals surface area contributed by atoms with Crippen LogP contribution in [0.1, 0.15) is 18.9 Å². The summed E-state index contributed by atoms with van der Waals surface area (Å²) in [5.41, 5.74) is 0.788. The highest BCUT2D eigenvalue weighted by Crippen LogP contribution is 2.37. The third kappa shape index (κ3) is 4.06. The van der Waals surface area contributed by atoms with E-state index in [1.165, 1.54) is 0 Å². The summed E-state index contributed by atoms with van der Waals surface area (Å²) >= 11 is 3.42. The van der Waals surface area contributed by atoms with Crippen LogP contribution in [0.3, 0.4) is 0 Å². The van der Waals surface area contributed by atoms with Gasteiger partial charge in [0.2, 0.25) is 0 Å². The zero-order chi connectivity index (χ0) is 12.7. The SMILES string of the molecule is C=CCCOc1c(Br)cc(CO)cc1OCC. The molecule has 1 aromatic rings. The zero-order valence-corrected chi connectivity index (χ0v) is 11.5. The minimum absolute atomic E-state index is 0.0222. The van der Waals surface area contributed by atoms with E-state index in [0.717, 1.165) is 16.5 Å². The molecule has 94 valence electrons. The van der Waals surface area contributed by atoms with Gasteiger partial charge in [0.1, 0.15) is 0 Å². The third-order valence-electron chi connectivity index (χ3n) is 2.12. The summed E-state index contributed by atoms with van der Waals surface area (Å²) in [5.74, 6) is 1.32. The summed E-state index contributed by atoms with van der Waals surface area (Å²) in [7, 11) is 0. The fourth-order valence-corrected chi connectivity index (χ4v) is 1.96. The van der Waals surface area contributed by atoms with Gasteiger partial charge in [-0.3, -0.25) is 0 Å². The highest BCUT2D eigenvalue weighted by Gasteiger charge is 2.11. The van der Waals surface area contributed by atoms with Crippen LogP contribution in [0.5, 0.6) is 11.5 Å². The van der Waals surface area contributed by atoms with Crippen LogP contribution in [-0.4, -0.2) is 18.3 Å². The maximum Gasteiger partial charge on any atom is 0.175 e. The van der Waals surface area contributed by atoms with Crippen molar-refractivity contribution in [1.82, 2.24) is 0 Å². The van der Waals surface area contributed by atoms with E-state index < -0.39 is 0 Å². The smallest absolute Gasteiger partial charge is 0.175 e. The normalized spacial score (nSPS) is 10.1. The first-order valence-corrected chi connectivity index (χ1v) is 6.32. The van der Waals surface area contributed by atoms with Crippen LogP contribution in [0, 0.1) is 0 Å². The molecule has 0 saturated carbocycles. The standard InChI is InChI=1S/C13H17BrO3/c1-3-5-6-17-13-11(14)7-10(9-15)8-12(13)16-4-2/h3,7-8,15H,1,4-6,9H2,2H3. The molecule has 0 fully saturated rings. The van der Waals surface area contributed by atoms with E-state index in [0.29, 0.717) is 24.7 Å². The second-order valence-corrected chi connectivity index (χ2v) is 4.28. The van der Waals surface area contributed by atoms with E-state index in [9.17, 15) is 0 Å². The monoisotopic (exact) mass is 300 g/mol. The molecule has 0 spiro atoms. The van der Waals surface area contributed by atoms with Gasteiger partial charge in [0, 0.05) is 0 Å². The second-order valence-electron chi connectivity index (χ2n) is 3.42. The first-order chi connectivity index (χ1) is 8.22. The number of hydrogen-bond acceptors (Lipinski definition) is 3. The first-order valence-electron chi connectivity index (χ1n) is 5.52. The molecule has 0 aliphatic rings. The second kappa shape index (κ2) is 7.35. The lowest BCUT2D eigenvalue weighted by Crippen LogP contribution is -2.02. The Morgan fingerprint density at radius 1 is 1.41 bits per heavy atom. The topological polar surface area (TPSA) is 38.7 Å². The molecule has 0 radical (unpaired) electrons. The Morgan fingerprint density at radius 3 is 2.76 bits per heavy atom. The largest absolute Gasteiger partial charge is 0.490 e. The summed E-state index contributed by atoms with van der Waals surface area (Å²) < 4.78 is 11.9. The molecule has 0 aliphatic carbocycles. The van der Waals surface area contributed by atoms with Gasteiger partial charge in [-0.1, -0.05) is 6.08 Å². The summed E-state index contributed by atoms with van der Waals surface area (Å²) in [6, 6.07) is 3.61. The molecule has 0 heterocycles. The molecule has 0 aromatic heterocycles. The minimum Gasteiger partial charge on any atom is -0.490 e. The maximum absolute atomic E-state index is 9.13. The molecule has 0 bridgehead atoms. The van der Waals surface area contributed by atoms with Crippen LogP contribution in [0.25, 0.3) is 0 Å². The van der Waals surface area contributed by atoms with Crippen molar-refractivity contribution in [1.29, 1.82) is 0 Å². The summed E-state index contributed by atoms with van der Waals surface area (Å²) in [5, 5.41) is 9.13. The van der Waals surface area contributed by atoms with Gasteiger partial charge in [0.15, 0.2) is 11.5 Å². The van der Waals surface area contributed by atoms with E-state index in [2.05, 4.69) is 22.5 Å². The molecule has 0 amide bonds. The van der Waals surface area contributed by atoms with Gasteiger partial charge in [-0.2, -0.15) is 0 Å². The fraction of sp³-hybridized carbons (Fsp3) is 0.385. The van der Waals surface area contributed by atoms with Crippen molar-refractivity contribution >= 4 is 15.9 Å². The van der Waals surface area contributed by atoms with Gasteiger partial charge in [-0.05, 0) is 47.0 Å². The van der Waals surface area contributed by atoms with Crippen molar-refractivity contribution < 1.29 is 14.6 Å². The molecule has 0 unspecified atom stereocenters. The molecule has 1 aromatic carbocycles. The lowest BCUT2D eigenvalue weighted by molar-refractivity contribution is 0.269. The summed E-state index contributed by atoms with van der Waals surface area (Å²) in [6.07, 6.45) is 2.58. The molecular weight excluding hydrogens is 284 g/mol. The molecule has 1 rings (SSSR count). The van der Waals surface area contributed by atoms with Crippen LogP contribution >= 0.6 is 15.9 Å². The van der Waals surface area contributed by atoms with Gasteiger partial charge in [0.25, 0.3) is 0 Å². The Labute approximate surface area is 110 Å². The van der Waals surface area contributed by atoms with Crippen LogP contribution in [0.4, 0.5) is 0 Å². The predicted octanol–water partition coefficient (Wildman–Crippen LogP) is 3.30. The van der Waals surface area contributed by atoms with Gasteiger partial charge >= 0.3 is 0 Å². The number of rotatable bonds is 7. The van der Waals surface area contributed by atoms with E-state index in [1.54, 1.807) is 12.1 Å². The molecule has 0 atom stereocenters. The number of aliphatic hydroxyl groups is 1. The van der Waals surface area contributed by atoms with E-state index >= 15 is 0 Å². The molecular formula is C13H17BrO3. The van der Waals surface area contributed by atoms with E-state index in [1.807, 2.05) is 13.0 Å². The highest BCUT2D eigenvalue weighted by atomic mass is 79.9. The predicted molar refractivity (Wildman–Crippen MR) is 71.5 cm³/mol. The summed E-state index contributed by atoms with van der Waals surface area (Å²) in [6.45, 7) is 6.64. The molecule has 0 saturated heterocycles. The number of halogens is 1. The Morgan fingerprint density at radius 2 is 2.18 bits per heavy atom. The third-order valence-corrected chi connectivity index (χ3v) is 2.71. The Bertz CT molecular complexity index is 377. The highest BCUT2D eigenvalue weighted by molar-refractivity contribution is 9.10. The van der Waals surface area contributed by atoms with Crippen LogP contribution < -0.4 is 9.47 Å². The van der Waals surface area contributed by atoms with Crippen molar-refractivity contribution in [2.24, 2.45) is 0 Å². The number of ether oxygens (including phenoxy) is 2. The average molecular weight is 301 g/mol. The van der Waals surface area contributed by atoms with Gasteiger partial charge in [-0.15, -0.1) is 6.58 Å². The first kappa shape index (κ1) is 14.1. The molecule has 1 N–H and O–H groups in total. The van der Waals surface area contributed by atoms with Crippen molar-refractivity contribution in [2.45, 2.75) is 20.0 Å². The number of aliphatic hydroxyl groups excluding tert-OH is 1. The van der Waals surface area contributed by atoms with Crippen LogP contribution in [0.15, 0.2) is 29.3 Å². The summed E-state index contributed by atoms with van der Waals surface area (Å²) in [4.78, 5) is 0. The average Bonchev–Trinajstić information content (AvgIpc) is 2.32. The fourth-order valence-electron chi connectivity index (χ4n) is 1.36. The Kier molecular flexibility index (Phi) is 6.08. The Balaban J connectivity index is 2.94. The molecule has 3 nitrogen and oxygen atoms in total. The van der Waals surface area contributed by atoms with E-state index in [-0.39, 0.29) is 6.61 Å². The Hall–Kier alpha value is -1.00. The van der Waals surface area contributed by atoms with Crippen LogP contribution in [-0.2, 0) is 6.61 Å². The maximum atomic E-state index is 9.13. The van der Waals surface area contributed by atoms with Crippen molar-refractivity contribution in [3.05, 3.63) is 34.8 Å². The van der Waals surface area contributed by atoms with Crippen molar-refractivity contribution in [3.8, 4) is 11.5 Å². The van der Waals surface area contributed by atoms with Crippen molar-refractivity contribution in [2.75, 3.05) is 13.2 Å².